The molecule has 0 amide bonds. The molecule has 7 fully saturated rings. The van der Waals surface area contributed by atoms with E-state index >= 15 is 0 Å². The van der Waals surface area contributed by atoms with E-state index in [4.69, 9.17) is 28.4 Å². The lowest BCUT2D eigenvalue weighted by Crippen LogP contribution is -2.67. The molecule has 17 heteroatoms. The smallest absolute Gasteiger partial charge is 0.310 e. The highest BCUT2D eigenvalue weighted by Gasteiger charge is 2.71. The average molecular weight is 911 g/mol. The molecule has 364 valence electrons. The molecule has 24 atom stereocenters. The number of rotatable bonds is 10. The van der Waals surface area contributed by atoms with Crippen molar-refractivity contribution in [3.05, 3.63) is 23.8 Å². The number of hydrogen-bond donors (Lipinski definition) is 10. The first kappa shape index (κ1) is 48.8. The summed E-state index contributed by atoms with van der Waals surface area (Å²) in [6.07, 6.45) is -12.8. The molecule has 0 aromatic heterocycles. The van der Waals surface area contributed by atoms with Crippen LogP contribution >= 0.6 is 0 Å². The van der Waals surface area contributed by atoms with Gasteiger partial charge in [0.1, 0.15) is 61.0 Å². The fourth-order valence-corrected chi connectivity index (χ4v) is 14.9. The van der Waals surface area contributed by atoms with Crippen molar-refractivity contribution in [2.24, 2.45) is 50.7 Å². The lowest BCUT2D eigenvalue weighted by Gasteiger charge is -2.70. The van der Waals surface area contributed by atoms with Crippen molar-refractivity contribution in [3.63, 3.8) is 0 Å². The van der Waals surface area contributed by atoms with E-state index in [-0.39, 0.29) is 53.1 Å². The Balaban J connectivity index is 0.971. The van der Waals surface area contributed by atoms with E-state index in [9.17, 15) is 55.9 Å². The first-order valence-corrected chi connectivity index (χ1v) is 23.5. The molecule has 0 aromatic rings. The number of aliphatic hydroxyl groups is 9. The predicted octanol–water partition coefficient (Wildman–Crippen LogP) is 1.12. The van der Waals surface area contributed by atoms with Crippen LogP contribution in [0.5, 0.6) is 0 Å². The van der Waals surface area contributed by atoms with E-state index in [1.165, 1.54) is 12.5 Å². The van der Waals surface area contributed by atoms with Crippen molar-refractivity contribution < 1.29 is 84.3 Å². The van der Waals surface area contributed by atoms with E-state index < -0.39 is 116 Å². The minimum Gasteiger partial charge on any atom is -0.481 e. The number of hydrogen-bond acceptors (Lipinski definition) is 16. The summed E-state index contributed by atoms with van der Waals surface area (Å²) < 4.78 is 35.7. The van der Waals surface area contributed by atoms with Crippen LogP contribution in [0.25, 0.3) is 0 Å². The zero-order valence-electron chi connectivity index (χ0n) is 38.1. The van der Waals surface area contributed by atoms with Gasteiger partial charge >= 0.3 is 5.97 Å². The van der Waals surface area contributed by atoms with Gasteiger partial charge in [-0.15, -0.1) is 0 Å². The maximum atomic E-state index is 13.1. The molecule has 3 aliphatic heterocycles. The quantitative estimate of drug-likeness (QED) is 0.109. The first-order valence-electron chi connectivity index (χ1n) is 23.5. The summed E-state index contributed by atoms with van der Waals surface area (Å²) in [5.41, 5.74) is 0.310. The van der Waals surface area contributed by atoms with Gasteiger partial charge in [0.15, 0.2) is 18.9 Å². The Kier molecular flexibility index (Phi) is 13.3. The lowest BCUT2D eigenvalue weighted by molar-refractivity contribution is -0.382. The summed E-state index contributed by atoms with van der Waals surface area (Å²) in [6.45, 7) is 15.8. The number of carboxylic acids is 1. The Hall–Kier alpha value is -1.65. The maximum Gasteiger partial charge on any atom is 0.310 e. The van der Waals surface area contributed by atoms with Crippen molar-refractivity contribution in [1.29, 1.82) is 0 Å². The fourth-order valence-electron chi connectivity index (χ4n) is 14.9. The van der Waals surface area contributed by atoms with Crippen molar-refractivity contribution in [1.82, 2.24) is 0 Å². The van der Waals surface area contributed by atoms with Gasteiger partial charge in [0, 0.05) is 11.3 Å². The monoisotopic (exact) mass is 910 g/mol. The van der Waals surface area contributed by atoms with Crippen molar-refractivity contribution >= 4 is 5.97 Å². The Morgan fingerprint density at radius 3 is 2.12 bits per heavy atom. The summed E-state index contributed by atoms with van der Waals surface area (Å²) >= 11 is 0. The standard InChI is InChI=1S/C47H74O17/c1-21(2)23-10-15-47(42(57)58)17-16-45(6)24(30(23)47)8-9-28-43(4)13-12-29(44(5,20-49)27(43)11-14-46(28,45)7)63-39-36(55)33(52)26(19-59-39)62-41-38(35(54)32(51)25(18-48)61-41)64-40-37(56)34(53)31(50)22(3)60-40/h8,22-23,25-41,48-56H,1,9-20H2,2-7H3,(H,57,58). The highest BCUT2D eigenvalue weighted by Crippen LogP contribution is 2.76. The van der Waals surface area contributed by atoms with Crippen LogP contribution in [0.4, 0.5) is 0 Å². The molecule has 3 saturated heterocycles. The van der Waals surface area contributed by atoms with E-state index in [1.54, 1.807) is 0 Å². The molecule has 3 heterocycles. The molecule has 10 N–H and O–H groups in total. The molecular weight excluding hydrogens is 836 g/mol. The molecule has 8 aliphatic rings. The van der Waals surface area contributed by atoms with Crippen LogP contribution in [0, 0.1) is 50.7 Å². The second-order valence-corrected chi connectivity index (χ2v) is 21.9. The molecular formula is C47H74O17. The van der Waals surface area contributed by atoms with Crippen LogP contribution in [-0.2, 0) is 33.2 Å². The molecule has 0 radical (unpaired) electrons. The van der Waals surface area contributed by atoms with Crippen molar-refractivity contribution in [2.45, 2.75) is 191 Å². The second-order valence-electron chi connectivity index (χ2n) is 21.9. The number of aliphatic hydroxyl groups excluding tert-OH is 9. The molecule has 24 unspecified atom stereocenters. The number of carbonyl (C=O) groups is 1. The van der Waals surface area contributed by atoms with E-state index in [1.807, 2.05) is 13.8 Å². The SMILES string of the molecule is C=C(C)C1CCC2(C(=O)O)CCC3(C)C(=CCC4C5(C)CCC(OC6OCC(OC7OC(CO)C(O)C(O)C7OC7OC(C)C(O)C(O)C7O)C(O)C6O)C(C)(CO)C5CCC43C)C12. The topological polar surface area (TPSA) is 275 Å². The van der Waals surface area contributed by atoms with Gasteiger partial charge in [-0.25, -0.2) is 0 Å². The number of allylic oxidation sites excluding steroid dienone is 3. The third-order valence-corrected chi connectivity index (χ3v) is 18.9. The van der Waals surface area contributed by atoms with Gasteiger partial charge in [-0.3, -0.25) is 4.79 Å². The van der Waals surface area contributed by atoms with Crippen molar-refractivity contribution in [3.8, 4) is 0 Å². The average Bonchev–Trinajstić information content (AvgIpc) is 3.67. The normalized spacial score (nSPS) is 55.0. The number of aliphatic carboxylic acids is 1. The van der Waals surface area contributed by atoms with Crippen LogP contribution in [0.1, 0.15) is 99.3 Å². The molecule has 0 spiro atoms. The fraction of sp³-hybridized carbons (Fsp3) is 0.894. The summed E-state index contributed by atoms with van der Waals surface area (Å²) in [5, 5.41) is 108. The third-order valence-electron chi connectivity index (χ3n) is 18.9. The van der Waals surface area contributed by atoms with Gasteiger partial charge in [-0.2, -0.15) is 0 Å². The molecule has 4 saturated carbocycles. The zero-order valence-corrected chi connectivity index (χ0v) is 38.1. The minimum absolute atomic E-state index is 0.0270. The number of carboxylic acid groups (broad SMARTS) is 1. The zero-order chi connectivity index (χ0) is 46.6. The summed E-state index contributed by atoms with van der Waals surface area (Å²) in [4.78, 5) is 13.1. The molecule has 64 heavy (non-hydrogen) atoms. The minimum atomic E-state index is -1.78. The van der Waals surface area contributed by atoms with E-state index in [0.717, 1.165) is 44.1 Å². The predicted molar refractivity (Wildman–Crippen MR) is 224 cm³/mol. The molecule has 5 aliphatic carbocycles. The van der Waals surface area contributed by atoms with Crippen LogP contribution in [0.3, 0.4) is 0 Å². The Morgan fingerprint density at radius 1 is 0.766 bits per heavy atom. The van der Waals surface area contributed by atoms with Gasteiger partial charge in [-0.1, -0.05) is 51.5 Å². The van der Waals surface area contributed by atoms with Gasteiger partial charge < -0.3 is 79.5 Å². The van der Waals surface area contributed by atoms with Crippen molar-refractivity contribution in [2.75, 3.05) is 19.8 Å². The van der Waals surface area contributed by atoms with Gasteiger partial charge in [-0.05, 0) is 106 Å². The number of fused-ring (bicyclic) bond motifs is 7. The summed E-state index contributed by atoms with van der Waals surface area (Å²) in [5.74, 6) is -0.339. The van der Waals surface area contributed by atoms with Crippen LogP contribution in [0.2, 0.25) is 0 Å². The largest absolute Gasteiger partial charge is 0.481 e. The highest BCUT2D eigenvalue weighted by molar-refractivity contribution is 5.77. The van der Waals surface area contributed by atoms with E-state index in [2.05, 4.69) is 33.4 Å². The lowest BCUT2D eigenvalue weighted by atomic mass is 9.34. The third kappa shape index (κ3) is 7.24. The molecule has 0 bridgehead atoms. The molecule has 0 aromatic carbocycles. The van der Waals surface area contributed by atoms with Gasteiger partial charge in [0.05, 0.1) is 37.4 Å². The van der Waals surface area contributed by atoms with Gasteiger partial charge in [0.2, 0.25) is 0 Å². The van der Waals surface area contributed by atoms with Gasteiger partial charge in [0.25, 0.3) is 0 Å². The first-order chi connectivity index (χ1) is 30.0. The van der Waals surface area contributed by atoms with Crippen LogP contribution in [0.15, 0.2) is 23.8 Å². The Morgan fingerprint density at radius 2 is 1.47 bits per heavy atom. The summed E-state index contributed by atoms with van der Waals surface area (Å²) in [7, 11) is 0. The molecule has 8 rings (SSSR count). The Bertz CT molecular complexity index is 1780. The number of ether oxygens (including phenoxy) is 6. The Labute approximate surface area is 375 Å². The second kappa shape index (κ2) is 17.4. The highest BCUT2D eigenvalue weighted by atomic mass is 16.8. The molecule has 17 nitrogen and oxygen atoms in total. The van der Waals surface area contributed by atoms with Crippen LogP contribution in [-0.4, -0.2) is 169 Å². The van der Waals surface area contributed by atoms with E-state index in [0.29, 0.717) is 19.3 Å². The summed E-state index contributed by atoms with van der Waals surface area (Å²) in [6, 6.07) is 0. The van der Waals surface area contributed by atoms with Crippen LogP contribution < -0.4 is 0 Å². The maximum absolute atomic E-state index is 13.1.